The highest BCUT2D eigenvalue weighted by molar-refractivity contribution is 6.04. The number of rotatable bonds is 8. The summed E-state index contributed by atoms with van der Waals surface area (Å²) in [6.45, 7) is 2.49. The molecule has 0 heterocycles. The smallest absolute Gasteiger partial charge is 0.178 e. The molecule has 2 rings (SSSR count). The summed E-state index contributed by atoms with van der Waals surface area (Å²) in [6.07, 6.45) is 6.55. The van der Waals surface area contributed by atoms with Gasteiger partial charge in [0.25, 0.3) is 0 Å². The fraction of sp³-hybridized carbons (Fsp3) is 0.190. The van der Waals surface area contributed by atoms with E-state index in [1.165, 1.54) is 12.2 Å². The van der Waals surface area contributed by atoms with Crippen molar-refractivity contribution in [3.63, 3.8) is 0 Å². The van der Waals surface area contributed by atoms with E-state index in [-0.39, 0.29) is 5.78 Å². The largest absolute Gasteiger partial charge is 0.497 e. The number of benzene rings is 2. The van der Waals surface area contributed by atoms with Gasteiger partial charge in [-0.2, -0.15) is 0 Å². The summed E-state index contributed by atoms with van der Waals surface area (Å²) in [5.41, 5.74) is 1.77. The molecular weight excluding hydrogens is 316 g/mol. The standard InChI is InChI=1S/C21H22O4/c1-4-25-20-13-10-17(15-21(20)24-3)9-12-18(22)11-8-16-6-5-7-19(14-16)23-2/h5-15H,4H2,1-3H3/b11-8+,12-9+. The van der Waals surface area contributed by atoms with E-state index in [1.54, 1.807) is 26.4 Å². The SMILES string of the molecule is CCOc1ccc(/C=C/C(=O)/C=C/c2cccc(OC)c2)cc1OC. The Labute approximate surface area is 148 Å². The van der Waals surface area contributed by atoms with Gasteiger partial charge >= 0.3 is 0 Å². The van der Waals surface area contributed by atoms with Gasteiger partial charge in [0.05, 0.1) is 20.8 Å². The van der Waals surface area contributed by atoms with E-state index in [9.17, 15) is 4.79 Å². The normalized spacial score (nSPS) is 11.0. The Balaban J connectivity index is 2.05. The van der Waals surface area contributed by atoms with Crippen LogP contribution in [0.3, 0.4) is 0 Å². The highest BCUT2D eigenvalue weighted by Crippen LogP contribution is 2.28. The van der Waals surface area contributed by atoms with Crippen LogP contribution < -0.4 is 14.2 Å². The fourth-order valence-electron chi connectivity index (χ4n) is 2.22. The van der Waals surface area contributed by atoms with E-state index in [0.717, 1.165) is 16.9 Å². The van der Waals surface area contributed by atoms with Gasteiger partial charge < -0.3 is 14.2 Å². The van der Waals surface area contributed by atoms with Gasteiger partial charge in [0.15, 0.2) is 17.3 Å². The molecule has 2 aromatic rings. The molecule has 130 valence electrons. The summed E-state index contributed by atoms with van der Waals surface area (Å²) in [4.78, 5) is 12.0. The van der Waals surface area contributed by atoms with Crippen LogP contribution in [0.25, 0.3) is 12.2 Å². The average Bonchev–Trinajstić information content (AvgIpc) is 2.65. The highest BCUT2D eigenvalue weighted by atomic mass is 16.5. The fourth-order valence-corrected chi connectivity index (χ4v) is 2.22. The van der Waals surface area contributed by atoms with Crippen LogP contribution in [0, 0.1) is 0 Å². The third-order valence-corrected chi connectivity index (χ3v) is 3.46. The third-order valence-electron chi connectivity index (χ3n) is 3.46. The number of carbonyl (C=O) groups is 1. The molecule has 0 amide bonds. The second-order valence-electron chi connectivity index (χ2n) is 5.19. The highest BCUT2D eigenvalue weighted by Gasteiger charge is 2.03. The van der Waals surface area contributed by atoms with Crippen molar-refractivity contribution in [1.29, 1.82) is 0 Å². The van der Waals surface area contributed by atoms with Gasteiger partial charge in [-0.3, -0.25) is 4.79 Å². The summed E-state index contributed by atoms with van der Waals surface area (Å²) in [7, 11) is 3.20. The molecular formula is C21H22O4. The molecule has 0 aliphatic heterocycles. The Hall–Kier alpha value is -3.01. The number of hydrogen-bond donors (Lipinski definition) is 0. The lowest BCUT2D eigenvalue weighted by molar-refractivity contribution is -0.110. The van der Waals surface area contributed by atoms with Crippen LogP contribution in [-0.4, -0.2) is 26.6 Å². The van der Waals surface area contributed by atoms with Crippen molar-refractivity contribution in [3.05, 3.63) is 65.7 Å². The molecule has 0 N–H and O–H groups in total. The zero-order chi connectivity index (χ0) is 18.1. The van der Waals surface area contributed by atoms with Crippen LogP contribution in [0.4, 0.5) is 0 Å². The van der Waals surface area contributed by atoms with Crippen LogP contribution in [0.1, 0.15) is 18.1 Å². The van der Waals surface area contributed by atoms with Crippen molar-refractivity contribution in [2.45, 2.75) is 6.92 Å². The number of hydrogen-bond acceptors (Lipinski definition) is 4. The van der Waals surface area contributed by atoms with Crippen LogP contribution in [0.15, 0.2) is 54.6 Å². The van der Waals surface area contributed by atoms with Crippen molar-refractivity contribution >= 4 is 17.9 Å². The minimum absolute atomic E-state index is 0.101. The lowest BCUT2D eigenvalue weighted by atomic mass is 10.1. The molecule has 0 aliphatic rings. The molecule has 25 heavy (non-hydrogen) atoms. The number of ketones is 1. The molecule has 0 saturated carbocycles. The summed E-state index contributed by atoms with van der Waals surface area (Å²) < 4.78 is 15.9. The summed E-state index contributed by atoms with van der Waals surface area (Å²) >= 11 is 0. The maximum atomic E-state index is 12.0. The maximum Gasteiger partial charge on any atom is 0.178 e. The van der Waals surface area contributed by atoms with Gasteiger partial charge in [0.2, 0.25) is 0 Å². The van der Waals surface area contributed by atoms with Crippen LogP contribution in [0.5, 0.6) is 17.2 Å². The van der Waals surface area contributed by atoms with E-state index in [0.29, 0.717) is 18.1 Å². The first kappa shape index (κ1) is 18.3. The van der Waals surface area contributed by atoms with Crippen molar-refractivity contribution in [2.75, 3.05) is 20.8 Å². The van der Waals surface area contributed by atoms with Crippen LogP contribution >= 0.6 is 0 Å². The first-order valence-corrected chi connectivity index (χ1v) is 8.01. The molecule has 4 nitrogen and oxygen atoms in total. The number of allylic oxidation sites excluding steroid dienone is 2. The molecule has 0 unspecified atom stereocenters. The molecule has 0 fully saturated rings. The minimum atomic E-state index is -0.101. The van der Waals surface area contributed by atoms with Gasteiger partial charge in [0.1, 0.15) is 5.75 Å². The molecule has 0 bridgehead atoms. The van der Waals surface area contributed by atoms with E-state index >= 15 is 0 Å². The quantitative estimate of drug-likeness (QED) is 0.669. The second kappa shape index (κ2) is 9.33. The maximum absolute atomic E-state index is 12.0. The molecule has 0 radical (unpaired) electrons. The van der Waals surface area contributed by atoms with Crippen molar-refractivity contribution < 1.29 is 19.0 Å². The Bertz CT molecular complexity index is 775. The topological polar surface area (TPSA) is 44.8 Å². The Morgan fingerprint density at radius 1 is 0.920 bits per heavy atom. The molecule has 0 atom stereocenters. The predicted octanol–water partition coefficient (Wildman–Crippen LogP) is 4.40. The van der Waals surface area contributed by atoms with E-state index < -0.39 is 0 Å². The molecule has 2 aromatic carbocycles. The van der Waals surface area contributed by atoms with E-state index in [1.807, 2.05) is 49.4 Å². The average molecular weight is 338 g/mol. The minimum Gasteiger partial charge on any atom is -0.497 e. The van der Waals surface area contributed by atoms with Crippen molar-refractivity contribution in [1.82, 2.24) is 0 Å². The van der Waals surface area contributed by atoms with Gasteiger partial charge in [0, 0.05) is 0 Å². The molecule has 0 aliphatic carbocycles. The van der Waals surface area contributed by atoms with E-state index in [2.05, 4.69) is 0 Å². The Morgan fingerprint density at radius 3 is 2.28 bits per heavy atom. The van der Waals surface area contributed by atoms with Gasteiger partial charge in [-0.05, 0) is 54.5 Å². The lowest BCUT2D eigenvalue weighted by Gasteiger charge is -2.09. The second-order valence-corrected chi connectivity index (χ2v) is 5.19. The van der Waals surface area contributed by atoms with Crippen LogP contribution in [-0.2, 0) is 4.79 Å². The summed E-state index contributed by atoms with van der Waals surface area (Å²) in [5.74, 6) is 1.98. The Kier molecular flexibility index (Phi) is 6.84. The molecule has 0 aromatic heterocycles. The lowest BCUT2D eigenvalue weighted by Crippen LogP contribution is -1.95. The van der Waals surface area contributed by atoms with E-state index in [4.69, 9.17) is 14.2 Å². The molecule has 0 saturated heterocycles. The van der Waals surface area contributed by atoms with Crippen LogP contribution in [0.2, 0.25) is 0 Å². The molecule has 4 heteroatoms. The zero-order valence-electron chi connectivity index (χ0n) is 14.7. The molecule has 0 spiro atoms. The summed E-state index contributed by atoms with van der Waals surface area (Å²) in [5, 5.41) is 0. The summed E-state index contributed by atoms with van der Waals surface area (Å²) in [6, 6.07) is 13.1. The monoisotopic (exact) mass is 338 g/mol. The number of ether oxygens (including phenoxy) is 3. The van der Waals surface area contributed by atoms with Gasteiger partial charge in [-0.15, -0.1) is 0 Å². The van der Waals surface area contributed by atoms with Gasteiger partial charge in [-0.1, -0.05) is 30.4 Å². The Morgan fingerprint density at radius 2 is 1.64 bits per heavy atom. The van der Waals surface area contributed by atoms with Gasteiger partial charge in [-0.25, -0.2) is 0 Å². The third kappa shape index (κ3) is 5.53. The number of methoxy groups -OCH3 is 2. The first-order valence-electron chi connectivity index (χ1n) is 8.01. The van der Waals surface area contributed by atoms with Crippen molar-refractivity contribution in [3.8, 4) is 17.2 Å². The first-order chi connectivity index (χ1) is 12.2. The number of carbonyl (C=O) groups excluding carboxylic acids is 1. The zero-order valence-corrected chi connectivity index (χ0v) is 14.7. The van der Waals surface area contributed by atoms with Crippen molar-refractivity contribution in [2.24, 2.45) is 0 Å². The predicted molar refractivity (Wildman–Crippen MR) is 100 cm³/mol.